The summed E-state index contributed by atoms with van der Waals surface area (Å²) in [6, 6.07) is 0.111. The van der Waals surface area contributed by atoms with Crippen molar-refractivity contribution in [3.63, 3.8) is 0 Å². The summed E-state index contributed by atoms with van der Waals surface area (Å²) in [7, 11) is 0. The summed E-state index contributed by atoms with van der Waals surface area (Å²) in [5.74, 6) is 2.52. The molecule has 4 rings (SSSR count). The van der Waals surface area contributed by atoms with Crippen LogP contribution in [0.1, 0.15) is 76.9 Å². The molecular weight excluding hydrogens is 368 g/mol. The van der Waals surface area contributed by atoms with Gasteiger partial charge in [0.1, 0.15) is 0 Å². The van der Waals surface area contributed by atoms with Crippen LogP contribution in [0.15, 0.2) is 4.52 Å². The minimum Gasteiger partial charge on any atom is -0.353 e. The van der Waals surface area contributed by atoms with Gasteiger partial charge in [0.25, 0.3) is 0 Å². The average molecular weight is 403 g/mol. The Morgan fingerprint density at radius 3 is 2.72 bits per heavy atom. The molecule has 3 atom stereocenters. The number of rotatable bonds is 6. The zero-order valence-electron chi connectivity index (χ0n) is 17.9. The van der Waals surface area contributed by atoms with Gasteiger partial charge in [-0.3, -0.25) is 9.59 Å². The van der Waals surface area contributed by atoms with Crippen LogP contribution in [0.4, 0.5) is 0 Å². The largest absolute Gasteiger partial charge is 0.353 e. The molecule has 2 aliphatic carbocycles. The summed E-state index contributed by atoms with van der Waals surface area (Å²) in [5, 5.41) is 7.27. The molecule has 2 saturated carbocycles. The highest BCUT2D eigenvalue weighted by Gasteiger charge is 2.58. The van der Waals surface area contributed by atoms with Gasteiger partial charge in [0, 0.05) is 31.5 Å². The first-order valence-electron chi connectivity index (χ1n) is 11.3. The summed E-state index contributed by atoms with van der Waals surface area (Å²) in [5.41, 5.74) is -0.338. The van der Waals surface area contributed by atoms with Crippen LogP contribution < -0.4 is 5.32 Å². The Hall–Kier alpha value is -1.92. The lowest BCUT2D eigenvalue weighted by atomic mass is 9.80. The number of hydrogen-bond acceptors (Lipinski definition) is 5. The Kier molecular flexibility index (Phi) is 5.67. The van der Waals surface area contributed by atoms with E-state index in [1.54, 1.807) is 0 Å². The van der Waals surface area contributed by atoms with Crippen molar-refractivity contribution in [3.05, 3.63) is 11.7 Å². The minimum absolute atomic E-state index is 0.0265. The van der Waals surface area contributed by atoms with Crippen LogP contribution in [0, 0.1) is 24.7 Å². The minimum atomic E-state index is -0.338. The second-order valence-electron chi connectivity index (χ2n) is 9.77. The quantitative estimate of drug-likeness (QED) is 0.790. The van der Waals surface area contributed by atoms with E-state index in [1.165, 1.54) is 25.7 Å². The molecule has 0 aromatic carbocycles. The molecule has 3 aliphatic rings. The second-order valence-corrected chi connectivity index (χ2v) is 9.77. The van der Waals surface area contributed by atoms with E-state index in [0.717, 1.165) is 25.2 Å². The number of fused-ring (bicyclic) bond motifs is 1. The molecule has 160 valence electrons. The monoisotopic (exact) mass is 402 g/mol. The third-order valence-corrected chi connectivity index (χ3v) is 7.25. The smallest absolute Gasteiger partial charge is 0.235 e. The fourth-order valence-electron chi connectivity index (χ4n) is 5.78. The molecule has 3 fully saturated rings. The standard InChI is InChI=1S/C22H34N4O3/c1-14(2)20(28)26-12-17-10-18(24-19(27)9-8-16-6-4-5-7-16)11-22(17,13-26)21-23-15(3)25-29-21/h14,16-18H,4-13H2,1-3H3,(H,24,27). The topological polar surface area (TPSA) is 88.3 Å². The van der Waals surface area contributed by atoms with E-state index in [2.05, 4.69) is 15.5 Å². The third kappa shape index (κ3) is 4.05. The van der Waals surface area contributed by atoms with E-state index >= 15 is 0 Å². The molecule has 7 nitrogen and oxygen atoms in total. The summed E-state index contributed by atoms with van der Waals surface area (Å²) < 4.78 is 5.60. The number of nitrogens with one attached hydrogen (secondary N) is 1. The number of amides is 2. The van der Waals surface area contributed by atoms with E-state index in [-0.39, 0.29) is 35.1 Å². The maximum Gasteiger partial charge on any atom is 0.235 e. The zero-order valence-corrected chi connectivity index (χ0v) is 17.9. The van der Waals surface area contributed by atoms with E-state index in [4.69, 9.17) is 4.52 Å². The molecular formula is C22H34N4O3. The summed E-state index contributed by atoms with van der Waals surface area (Å²) in [6.07, 6.45) is 8.43. The van der Waals surface area contributed by atoms with Crippen molar-refractivity contribution in [1.82, 2.24) is 20.4 Å². The van der Waals surface area contributed by atoms with E-state index in [9.17, 15) is 9.59 Å². The normalized spacial score (nSPS) is 29.6. The lowest BCUT2D eigenvalue weighted by Gasteiger charge is -2.26. The van der Waals surface area contributed by atoms with Gasteiger partial charge in [-0.15, -0.1) is 0 Å². The van der Waals surface area contributed by atoms with Crippen LogP contribution in [0.3, 0.4) is 0 Å². The van der Waals surface area contributed by atoms with Crippen molar-refractivity contribution in [2.24, 2.45) is 17.8 Å². The Morgan fingerprint density at radius 2 is 2.07 bits per heavy atom. The zero-order chi connectivity index (χ0) is 20.6. The van der Waals surface area contributed by atoms with E-state index in [0.29, 0.717) is 31.2 Å². The fraction of sp³-hybridized carbons (Fsp3) is 0.818. The molecule has 1 saturated heterocycles. The van der Waals surface area contributed by atoms with Gasteiger partial charge >= 0.3 is 0 Å². The number of carbonyl (C=O) groups is 2. The Labute approximate surface area is 173 Å². The van der Waals surface area contributed by atoms with E-state index < -0.39 is 0 Å². The highest BCUT2D eigenvalue weighted by atomic mass is 16.5. The van der Waals surface area contributed by atoms with Gasteiger partial charge in [0.15, 0.2) is 5.82 Å². The second kappa shape index (κ2) is 8.07. The fourth-order valence-corrected chi connectivity index (χ4v) is 5.78. The first-order chi connectivity index (χ1) is 13.9. The number of carbonyl (C=O) groups excluding carboxylic acids is 2. The summed E-state index contributed by atoms with van der Waals surface area (Å²) in [4.78, 5) is 31.7. The van der Waals surface area contributed by atoms with Crippen molar-refractivity contribution in [3.8, 4) is 0 Å². The van der Waals surface area contributed by atoms with Crippen LogP contribution >= 0.6 is 0 Å². The van der Waals surface area contributed by atoms with Crippen LogP contribution in [0.5, 0.6) is 0 Å². The predicted octanol–water partition coefficient (Wildman–Crippen LogP) is 2.98. The maximum absolute atomic E-state index is 12.6. The first kappa shape index (κ1) is 20.4. The number of likely N-dealkylation sites (tertiary alicyclic amines) is 1. The molecule has 1 N–H and O–H groups in total. The van der Waals surface area contributed by atoms with Crippen molar-refractivity contribution in [1.29, 1.82) is 0 Å². The molecule has 0 bridgehead atoms. The van der Waals surface area contributed by atoms with Gasteiger partial charge < -0.3 is 14.7 Å². The molecule has 7 heteroatoms. The Morgan fingerprint density at radius 1 is 1.31 bits per heavy atom. The summed E-state index contributed by atoms with van der Waals surface area (Å²) >= 11 is 0. The first-order valence-corrected chi connectivity index (χ1v) is 11.3. The van der Waals surface area contributed by atoms with Gasteiger partial charge in [-0.05, 0) is 38.0 Å². The molecule has 1 aromatic heterocycles. The van der Waals surface area contributed by atoms with Gasteiger partial charge in [0.2, 0.25) is 17.7 Å². The van der Waals surface area contributed by atoms with Crippen LogP contribution in [-0.4, -0.2) is 46.0 Å². The molecule has 1 aliphatic heterocycles. The lowest BCUT2D eigenvalue weighted by molar-refractivity contribution is -0.134. The summed E-state index contributed by atoms with van der Waals surface area (Å²) in [6.45, 7) is 7.00. The van der Waals surface area contributed by atoms with Gasteiger partial charge in [-0.2, -0.15) is 4.98 Å². The van der Waals surface area contributed by atoms with Crippen molar-refractivity contribution in [2.45, 2.75) is 83.6 Å². The van der Waals surface area contributed by atoms with Gasteiger partial charge in [0.05, 0.1) is 5.41 Å². The molecule has 0 spiro atoms. The molecule has 29 heavy (non-hydrogen) atoms. The number of nitrogens with zero attached hydrogens (tertiary/aromatic N) is 3. The third-order valence-electron chi connectivity index (χ3n) is 7.25. The van der Waals surface area contributed by atoms with Crippen LogP contribution in [-0.2, 0) is 15.0 Å². The predicted molar refractivity (Wildman–Crippen MR) is 108 cm³/mol. The van der Waals surface area contributed by atoms with Crippen molar-refractivity contribution >= 4 is 11.8 Å². The lowest BCUT2D eigenvalue weighted by Crippen LogP contribution is -2.40. The molecule has 0 radical (unpaired) electrons. The van der Waals surface area contributed by atoms with Crippen molar-refractivity contribution in [2.75, 3.05) is 13.1 Å². The highest BCUT2D eigenvalue weighted by Crippen LogP contribution is 2.50. The Bertz CT molecular complexity index is 755. The number of aryl methyl sites for hydroxylation is 1. The van der Waals surface area contributed by atoms with Crippen LogP contribution in [0.25, 0.3) is 0 Å². The van der Waals surface area contributed by atoms with Gasteiger partial charge in [-0.25, -0.2) is 0 Å². The van der Waals surface area contributed by atoms with Gasteiger partial charge in [-0.1, -0.05) is 44.7 Å². The molecule has 3 unspecified atom stereocenters. The van der Waals surface area contributed by atoms with Crippen LogP contribution in [0.2, 0.25) is 0 Å². The molecule has 2 amide bonds. The number of hydrogen-bond donors (Lipinski definition) is 1. The SMILES string of the molecule is Cc1noc(C23CC(NC(=O)CCC4CCCC4)CC2CN(C(=O)C(C)C)C3)n1. The molecule has 2 heterocycles. The highest BCUT2D eigenvalue weighted by molar-refractivity contribution is 5.79. The van der Waals surface area contributed by atoms with Crippen molar-refractivity contribution < 1.29 is 14.1 Å². The number of aromatic nitrogens is 2. The van der Waals surface area contributed by atoms with E-state index in [1.807, 2.05) is 25.7 Å². The average Bonchev–Trinajstić information content (AvgIpc) is 3.42. The maximum atomic E-state index is 12.6. The Balaban J connectivity index is 1.43. The molecule has 1 aromatic rings.